The van der Waals surface area contributed by atoms with Crippen molar-refractivity contribution in [3.05, 3.63) is 34.9 Å². The van der Waals surface area contributed by atoms with Crippen LogP contribution in [0.4, 0.5) is 13.2 Å². The molecular weight excluding hydrogens is 279 g/mol. The molecular formula is C15H22F3N3. The number of halogens is 3. The number of benzene rings is 1. The average Bonchev–Trinajstić information content (AvgIpc) is 2.74. The Balaban J connectivity index is 2.20. The number of nitrogens with two attached hydrogens (primary N) is 1. The quantitative estimate of drug-likeness (QED) is 0.907. The van der Waals surface area contributed by atoms with Gasteiger partial charge in [-0.2, -0.15) is 13.2 Å². The molecule has 0 spiro atoms. The molecule has 1 heterocycles. The molecule has 1 aliphatic heterocycles. The Morgan fingerprint density at radius 3 is 2.62 bits per heavy atom. The van der Waals surface area contributed by atoms with Crippen LogP contribution < -0.4 is 5.73 Å². The van der Waals surface area contributed by atoms with E-state index in [0.717, 1.165) is 31.1 Å². The van der Waals surface area contributed by atoms with Gasteiger partial charge in [-0.15, -0.1) is 0 Å². The first kappa shape index (κ1) is 16.3. The fourth-order valence-corrected chi connectivity index (χ4v) is 2.97. The maximum atomic E-state index is 13.1. The van der Waals surface area contributed by atoms with Crippen molar-refractivity contribution in [3.63, 3.8) is 0 Å². The lowest BCUT2D eigenvalue weighted by atomic mass is 9.99. The van der Waals surface area contributed by atoms with Crippen molar-refractivity contribution in [1.82, 2.24) is 9.80 Å². The Bertz CT molecular complexity index is 486. The van der Waals surface area contributed by atoms with E-state index in [2.05, 4.69) is 9.80 Å². The summed E-state index contributed by atoms with van der Waals surface area (Å²) in [5.41, 5.74) is 6.40. The third-order valence-corrected chi connectivity index (χ3v) is 3.95. The minimum atomic E-state index is -4.30. The van der Waals surface area contributed by atoms with E-state index in [0.29, 0.717) is 18.7 Å². The van der Waals surface area contributed by atoms with Crippen LogP contribution in [0.5, 0.6) is 0 Å². The Morgan fingerprint density at radius 1 is 1.33 bits per heavy atom. The highest BCUT2D eigenvalue weighted by molar-refractivity contribution is 5.42. The van der Waals surface area contributed by atoms with Gasteiger partial charge in [-0.25, -0.2) is 0 Å². The zero-order chi connectivity index (χ0) is 15.6. The number of alkyl halides is 3. The van der Waals surface area contributed by atoms with Gasteiger partial charge in [0.1, 0.15) is 0 Å². The highest BCUT2D eigenvalue weighted by Gasteiger charge is 2.39. The molecule has 118 valence electrons. The van der Waals surface area contributed by atoms with Gasteiger partial charge in [0.05, 0.1) is 5.56 Å². The van der Waals surface area contributed by atoms with E-state index in [1.54, 1.807) is 6.07 Å². The summed E-state index contributed by atoms with van der Waals surface area (Å²) in [5, 5.41) is 0. The molecule has 1 aliphatic rings. The van der Waals surface area contributed by atoms with Crippen LogP contribution in [0.1, 0.15) is 29.2 Å². The third kappa shape index (κ3) is 3.56. The van der Waals surface area contributed by atoms with Gasteiger partial charge in [-0.05, 0) is 44.3 Å². The van der Waals surface area contributed by atoms with E-state index >= 15 is 0 Å². The summed E-state index contributed by atoms with van der Waals surface area (Å²) in [5.74, 6) is 0. The fraction of sp³-hybridized carbons (Fsp3) is 0.600. The first-order valence-corrected chi connectivity index (χ1v) is 7.12. The molecule has 6 heteroatoms. The number of rotatable bonds is 5. The zero-order valence-electron chi connectivity index (χ0n) is 12.5. The SMILES string of the molecule is CN(C)CCCN1Cc2c(cccc2C(F)(F)F)C1CN. The molecule has 1 aromatic carbocycles. The largest absolute Gasteiger partial charge is 0.416 e. The molecule has 21 heavy (non-hydrogen) atoms. The van der Waals surface area contributed by atoms with Crippen molar-refractivity contribution in [2.75, 3.05) is 33.7 Å². The summed E-state index contributed by atoms with van der Waals surface area (Å²) in [6.45, 7) is 2.35. The molecule has 0 radical (unpaired) electrons. The minimum absolute atomic E-state index is 0.107. The van der Waals surface area contributed by atoms with Gasteiger partial charge >= 0.3 is 6.18 Å². The third-order valence-electron chi connectivity index (χ3n) is 3.95. The average molecular weight is 301 g/mol. The van der Waals surface area contributed by atoms with Crippen LogP contribution in [0.15, 0.2) is 18.2 Å². The van der Waals surface area contributed by atoms with Crippen LogP contribution in [0.3, 0.4) is 0 Å². The number of fused-ring (bicyclic) bond motifs is 1. The second-order valence-electron chi connectivity index (χ2n) is 5.75. The fourth-order valence-electron chi connectivity index (χ4n) is 2.97. The molecule has 0 amide bonds. The van der Waals surface area contributed by atoms with E-state index in [1.165, 1.54) is 6.07 Å². The van der Waals surface area contributed by atoms with Crippen molar-refractivity contribution in [2.45, 2.75) is 25.2 Å². The lowest BCUT2D eigenvalue weighted by molar-refractivity contribution is -0.138. The predicted molar refractivity (Wildman–Crippen MR) is 76.8 cm³/mol. The highest BCUT2D eigenvalue weighted by atomic mass is 19.4. The molecule has 0 saturated carbocycles. The van der Waals surface area contributed by atoms with Gasteiger partial charge in [0.2, 0.25) is 0 Å². The van der Waals surface area contributed by atoms with Crippen LogP contribution >= 0.6 is 0 Å². The Morgan fingerprint density at radius 2 is 2.05 bits per heavy atom. The van der Waals surface area contributed by atoms with Gasteiger partial charge in [0.25, 0.3) is 0 Å². The van der Waals surface area contributed by atoms with E-state index < -0.39 is 11.7 Å². The standard InChI is InChI=1S/C15H22F3N3/c1-20(2)7-4-8-21-10-12-11(14(21)9-19)5-3-6-13(12)15(16,17)18/h3,5-6,14H,4,7-10,19H2,1-2H3. The molecule has 2 rings (SSSR count). The molecule has 2 N–H and O–H groups in total. The molecule has 0 bridgehead atoms. The summed E-state index contributed by atoms with van der Waals surface area (Å²) < 4.78 is 39.3. The smallest absolute Gasteiger partial charge is 0.329 e. The molecule has 0 saturated heterocycles. The molecule has 1 unspecified atom stereocenters. The summed E-state index contributed by atoms with van der Waals surface area (Å²) >= 11 is 0. The monoisotopic (exact) mass is 301 g/mol. The number of nitrogens with zero attached hydrogens (tertiary/aromatic N) is 2. The summed E-state index contributed by atoms with van der Waals surface area (Å²) in [7, 11) is 3.97. The maximum absolute atomic E-state index is 13.1. The number of hydrogen-bond donors (Lipinski definition) is 1. The summed E-state index contributed by atoms with van der Waals surface area (Å²) in [4.78, 5) is 4.13. The van der Waals surface area contributed by atoms with Gasteiger partial charge in [-0.1, -0.05) is 12.1 Å². The molecule has 0 aliphatic carbocycles. The Hall–Kier alpha value is -1.11. The van der Waals surface area contributed by atoms with Crippen molar-refractivity contribution in [2.24, 2.45) is 5.73 Å². The van der Waals surface area contributed by atoms with Gasteiger partial charge < -0.3 is 10.6 Å². The second-order valence-corrected chi connectivity index (χ2v) is 5.75. The van der Waals surface area contributed by atoms with Crippen LogP contribution in [-0.4, -0.2) is 43.5 Å². The molecule has 1 aromatic rings. The summed E-state index contributed by atoms with van der Waals surface area (Å²) in [6.07, 6.45) is -3.39. The van der Waals surface area contributed by atoms with Crippen molar-refractivity contribution in [1.29, 1.82) is 0 Å². The Kier molecular flexibility index (Phi) is 4.91. The molecule has 1 atom stereocenters. The lowest BCUT2D eigenvalue weighted by Crippen LogP contribution is -2.30. The highest BCUT2D eigenvalue weighted by Crippen LogP contribution is 2.41. The van der Waals surface area contributed by atoms with Crippen LogP contribution in [0.25, 0.3) is 0 Å². The molecule has 0 aromatic heterocycles. The number of hydrogen-bond acceptors (Lipinski definition) is 3. The van der Waals surface area contributed by atoms with Crippen LogP contribution in [-0.2, 0) is 12.7 Å². The van der Waals surface area contributed by atoms with E-state index in [4.69, 9.17) is 5.73 Å². The lowest BCUT2D eigenvalue weighted by Gasteiger charge is -2.24. The Labute approximate surface area is 123 Å². The van der Waals surface area contributed by atoms with Crippen molar-refractivity contribution < 1.29 is 13.2 Å². The van der Waals surface area contributed by atoms with Crippen LogP contribution in [0, 0.1) is 0 Å². The maximum Gasteiger partial charge on any atom is 0.416 e. The van der Waals surface area contributed by atoms with Gasteiger partial charge in [0, 0.05) is 25.7 Å². The first-order chi connectivity index (χ1) is 9.84. The van der Waals surface area contributed by atoms with Gasteiger partial charge in [0.15, 0.2) is 0 Å². The normalized spacial score (nSPS) is 19.3. The minimum Gasteiger partial charge on any atom is -0.329 e. The van der Waals surface area contributed by atoms with Gasteiger partial charge in [-0.3, -0.25) is 4.90 Å². The van der Waals surface area contributed by atoms with Crippen molar-refractivity contribution >= 4 is 0 Å². The summed E-state index contributed by atoms with van der Waals surface area (Å²) in [6, 6.07) is 4.31. The van der Waals surface area contributed by atoms with E-state index in [9.17, 15) is 13.2 Å². The van der Waals surface area contributed by atoms with Crippen molar-refractivity contribution in [3.8, 4) is 0 Å². The second kappa shape index (κ2) is 6.34. The predicted octanol–water partition coefficient (Wildman–Crippen LogP) is 2.47. The molecule has 3 nitrogen and oxygen atoms in total. The first-order valence-electron chi connectivity index (χ1n) is 7.12. The molecule has 0 fully saturated rings. The van der Waals surface area contributed by atoms with Crippen LogP contribution in [0.2, 0.25) is 0 Å². The topological polar surface area (TPSA) is 32.5 Å². The van der Waals surface area contributed by atoms with E-state index in [1.807, 2.05) is 14.1 Å². The van der Waals surface area contributed by atoms with E-state index in [-0.39, 0.29) is 6.04 Å². The zero-order valence-corrected chi connectivity index (χ0v) is 12.5.